The molecule has 31 heavy (non-hydrogen) atoms. The second-order valence-corrected chi connectivity index (χ2v) is 6.79. The number of carbonyl (C=O) groups excluding carboxylic acids is 2. The van der Waals surface area contributed by atoms with Gasteiger partial charge in [0.2, 0.25) is 0 Å². The van der Waals surface area contributed by atoms with E-state index in [2.05, 4.69) is 20.7 Å². The van der Waals surface area contributed by atoms with Gasteiger partial charge in [0.15, 0.2) is 0 Å². The highest BCUT2D eigenvalue weighted by molar-refractivity contribution is 6.31. The predicted octanol–water partition coefficient (Wildman–Crippen LogP) is 3.22. The van der Waals surface area contributed by atoms with Crippen molar-refractivity contribution in [3.8, 4) is 0 Å². The first-order valence-corrected chi connectivity index (χ1v) is 9.30. The first-order valence-electron chi connectivity index (χ1n) is 8.92. The van der Waals surface area contributed by atoms with E-state index in [4.69, 9.17) is 11.6 Å². The predicted molar refractivity (Wildman–Crippen MR) is 113 cm³/mol. The Morgan fingerprint density at radius 3 is 2.52 bits per heavy atom. The molecular formula is C21H13ClFN5O3. The van der Waals surface area contributed by atoms with Gasteiger partial charge >= 0.3 is 0 Å². The molecule has 154 valence electrons. The molecule has 2 heterocycles. The van der Waals surface area contributed by atoms with Gasteiger partial charge in [-0.1, -0.05) is 29.8 Å². The SMILES string of the molecule is O=C(Nn1cc(C(=O)Nc2ccc(F)c(Cl)c2)c2ccccc2c1=O)c1cnccn1. The van der Waals surface area contributed by atoms with Crippen molar-refractivity contribution in [2.24, 2.45) is 0 Å². The van der Waals surface area contributed by atoms with Gasteiger partial charge in [-0.2, -0.15) is 0 Å². The smallest absolute Gasteiger partial charge is 0.290 e. The van der Waals surface area contributed by atoms with E-state index in [0.29, 0.717) is 5.39 Å². The van der Waals surface area contributed by atoms with Crippen molar-refractivity contribution in [2.45, 2.75) is 0 Å². The van der Waals surface area contributed by atoms with Crippen LogP contribution in [0, 0.1) is 5.82 Å². The summed E-state index contributed by atoms with van der Waals surface area (Å²) in [4.78, 5) is 45.9. The maximum absolute atomic E-state index is 13.4. The van der Waals surface area contributed by atoms with Crippen LogP contribution in [0.1, 0.15) is 20.8 Å². The molecule has 2 amide bonds. The molecular weight excluding hydrogens is 425 g/mol. The van der Waals surface area contributed by atoms with Crippen LogP contribution in [0.25, 0.3) is 10.8 Å². The number of halogens is 2. The Hall–Kier alpha value is -4.11. The average molecular weight is 438 g/mol. The summed E-state index contributed by atoms with van der Waals surface area (Å²) in [6, 6.07) is 10.2. The van der Waals surface area contributed by atoms with Crippen LogP contribution in [0.3, 0.4) is 0 Å². The van der Waals surface area contributed by atoms with Crippen LogP contribution >= 0.6 is 11.6 Å². The standard InChI is InChI=1S/C21H13ClFN5O3/c22-16-9-12(5-6-17(16)23)26-19(29)15-11-28(21(31)14-4-2-1-3-13(14)15)27-20(30)18-10-24-7-8-25-18/h1-11H,(H,26,29)(H,27,30). The van der Waals surface area contributed by atoms with E-state index < -0.39 is 23.2 Å². The number of hydrogen-bond donors (Lipinski definition) is 2. The molecule has 0 unspecified atom stereocenters. The summed E-state index contributed by atoms with van der Waals surface area (Å²) >= 11 is 5.77. The Labute approximate surface area is 179 Å². The Kier molecular flexibility index (Phi) is 5.42. The van der Waals surface area contributed by atoms with Gasteiger partial charge in [-0.3, -0.25) is 24.8 Å². The molecule has 0 spiro atoms. The third kappa shape index (κ3) is 4.12. The lowest BCUT2D eigenvalue weighted by Gasteiger charge is -2.13. The fourth-order valence-corrected chi connectivity index (χ4v) is 3.09. The number of carbonyl (C=O) groups is 2. The van der Waals surface area contributed by atoms with Gasteiger partial charge in [-0.15, -0.1) is 0 Å². The summed E-state index contributed by atoms with van der Waals surface area (Å²) in [6.45, 7) is 0. The third-order valence-corrected chi connectivity index (χ3v) is 4.65. The summed E-state index contributed by atoms with van der Waals surface area (Å²) in [5.41, 5.74) is 2.24. The lowest BCUT2D eigenvalue weighted by atomic mass is 10.1. The van der Waals surface area contributed by atoms with E-state index in [0.717, 1.165) is 10.7 Å². The Morgan fingerprint density at radius 1 is 1.03 bits per heavy atom. The number of aromatic nitrogens is 3. The van der Waals surface area contributed by atoms with E-state index >= 15 is 0 Å². The zero-order valence-corrected chi connectivity index (χ0v) is 16.4. The number of benzene rings is 2. The average Bonchev–Trinajstić information content (AvgIpc) is 2.78. The Bertz CT molecular complexity index is 1370. The molecule has 0 aliphatic heterocycles. The minimum Gasteiger partial charge on any atom is -0.322 e. The topological polar surface area (TPSA) is 106 Å². The van der Waals surface area contributed by atoms with E-state index in [-0.39, 0.29) is 27.4 Å². The Balaban J connectivity index is 1.74. The highest BCUT2D eigenvalue weighted by Crippen LogP contribution is 2.21. The van der Waals surface area contributed by atoms with Crippen molar-refractivity contribution in [2.75, 3.05) is 10.7 Å². The van der Waals surface area contributed by atoms with Gasteiger partial charge in [-0.05, 0) is 24.3 Å². The second-order valence-electron chi connectivity index (χ2n) is 6.38. The molecule has 0 atom stereocenters. The van der Waals surface area contributed by atoms with E-state index in [1.54, 1.807) is 18.2 Å². The molecule has 0 saturated carbocycles. The monoisotopic (exact) mass is 437 g/mol. The number of pyridine rings is 1. The van der Waals surface area contributed by atoms with Gasteiger partial charge < -0.3 is 5.32 Å². The summed E-state index contributed by atoms with van der Waals surface area (Å²) in [7, 11) is 0. The number of rotatable bonds is 4. The molecule has 2 N–H and O–H groups in total. The van der Waals surface area contributed by atoms with Crippen LogP contribution < -0.4 is 16.3 Å². The van der Waals surface area contributed by atoms with Crippen LogP contribution in [0.15, 0.2) is 72.0 Å². The summed E-state index contributed by atoms with van der Waals surface area (Å²) in [5.74, 6) is -1.88. The minimum absolute atomic E-state index is 0.00508. The summed E-state index contributed by atoms with van der Waals surface area (Å²) in [5, 5.41) is 3.05. The van der Waals surface area contributed by atoms with Crippen molar-refractivity contribution < 1.29 is 14.0 Å². The quantitative estimate of drug-likeness (QED) is 0.510. The van der Waals surface area contributed by atoms with Crippen LogP contribution in [0.5, 0.6) is 0 Å². The highest BCUT2D eigenvalue weighted by Gasteiger charge is 2.17. The molecule has 10 heteroatoms. The second kappa shape index (κ2) is 8.33. The molecule has 2 aromatic carbocycles. The van der Waals surface area contributed by atoms with Crippen molar-refractivity contribution in [3.05, 3.63) is 99.7 Å². The summed E-state index contributed by atoms with van der Waals surface area (Å²) in [6.07, 6.45) is 5.20. The van der Waals surface area contributed by atoms with Crippen molar-refractivity contribution in [3.63, 3.8) is 0 Å². The normalized spacial score (nSPS) is 10.6. The van der Waals surface area contributed by atoms with Crippen LogP contribution in [0.2, 0.25) is 5.02 Å². The molecule has 0 saturated heterocycles. The lowest BCUT2D eigenvalue weighted by molar-refractivity contribution is 0.0995. The first kappa shape index (κ1) is 20.2. The Morgan fingerprint density at radius 2 is 1.81 bits per heavy atom. The molecule has 0 aliphatic carbocycles. The molecule has 2 aromatic heterocycles. The maximum atomic E-state index is 13.4. The van der Waals surface area contributed by atoms with Crippen LogP contribution in [0.4, 0.5) is 10.1 Å². The van der Waals surface area contributed by atoms with Gasteiger partial charge in [0.25, 0.3) is 17.4 Å². The number of nitrogens with one attached hydrogen (secondary N) is 2. The van der Waals surface area contributed by atoms with E-state index in [1.807, 2.05) is 0 Å². The van der Waals surface area contributed by atoms with Gasteiger partial charge in [0.05, 0.1) is 16.8 Å². The molecule has 0 radical (unpaired) electrons. The third-order valence-electron chi connectivity index (χ3n) is 4.36. The molecule has 8 nitrogen and oxygen atoms in total. The summed E-state index contributed by atoms with van der Waals surface area (Å²) < 4.78 is 14.3. The van der Waals surface area contributed by atoms with Crippen LogP contribution in [-0.2, 0) is 0 Å². The molecule has 0 fully saturated rings. The lowest BCUT2D eigenvalue weighted by Crippen LogP contribution is -2.34. The van der Waals surface area contributed by atoms with Gasteiger partial charge in [0, 0.05) is 35.1 Å². The number of fused-ring (bicyclic) bond motifs is 1. The van der Waals surface area contributed by atoms with E-state index in [9.17, 15) is 18.8 Å². The zero-order chi connectivity index (χ0) is 22.0. The maximum Gasteiger partial charge on any atom is 0.290 e. The van der Waals surface area contributed by atoms with Crippen LogP contribution in [-0.4, -0.2) is 26.5 Å². The fourth-order valence-electron chi connectivity index (χ4n) is 2.91. The molecule has 0 bridgehead atoms. The van der Waals surface area contributed by atoms with Gasteiger partial charge in [0.1, 0.15) is 11.5 Å². The number of amides is 2. The van der Waals surface area contributed by atoms with E-state index in [1.165, 1.54) is 43.0 Å². The highest BCUT2D eigenvalue weighted by atomic mass is 35.5. The number of hydrogen-bond acceptors (Lipinski definition) is 5. The molecule has 4 aromatic rings. The minimum atomic E-state index is -0.679. The fraction of sp³-hybridized carbons (Fsp3) is 0. The van der Waals surface area contributed by atoms with Crippen molar-refractivity contribution in [1.29, 1.82) is 0 Å². The first-order chi connectivity index (χ1) is 14.9. The zero-order valence-electron chi connectivity index (χ0n) is 15.7. The van der Waals surface area contributed by atoms with Gasteiger partial charge in [-0.25, -0.2) is 14.1 Å². The largest absolute Gasteiger partial charge is 0.322 e. The number of anilines is 1. The molecule has 0 aliphatic rings. The molecule has 4 rings (SSSR count). The van der Waals surface area contributed by atoms with Crippen molar-refractivity contribution in [1.82, 2.24) is 14.6 Å². The number of nitrogens with zero attached hydrogens (tertiary/aromatic N) is 3. The van der Waals surface area contributed by atoms with Crippen molar-refractivity contribution >= 4 is 39.9 Å².